The van der Waals surface area contributed by atoms with Gasteiger partial charge in [0.25, 0.3) is 0 Å². The first kappa shape index (κ1) is 13.7. The molecule has 1 atom stereocenters. The number of aryl methyl sites for hydroxylation is 1. The zero-order chi connectivity index (χ0) is 13.1. The van der Waals surface area contributed by atoms with E-state index in [0.29, 0.717) is 0 Å². The van der Waals surface area contributed by atoms with Crippen molar-refractivity contribution in [3.8, 4) is 0 Å². The van der Waals surface area contributed by atoms with Crippen LogP contribution in [0, 0.1) is 6.92 Å². The summed E-state index contributed by atoms with van der Waals surface area (Å²) in [4.78, 5) is 2.32. The van der Waals surface area contributed by atoms with Gasteiger partial charge < -0.3 is 5.11 Å². The predicted molar refractivity (Wildman–Crippen MR) is 80.1 cm³/mol. The van der Waals surface area contributed by atoms with E-state index >= 15 is 0 Å². The van der Waals surface area contributed by atoms with Crippen LogP contribution in [0.3, 0.4) is 0 Å². The Kier molecular flexibility index (Phi) is 4.49. The Morgan fingerprint density at radius 3 is 2.50 bits per heavy atom. The Morgan fingerprint density at radius 1 is 1.11 bits per heavy atom. The van der Waals surface area contributed by atoms with Crippen LogP contribution < -0.4 is 0 Å². The molecule has 0 aromatic heterocycles. The minimum absolute atomic E-state index is 0.464. The van der Waals surface area contributed by atoms with Crippen LogP contribution in [0.25, 0.3) is 0 Å². The molecule has 0 bridgehead atoms. The van der Waals surface area contributed by atoms with Gasteiger partial charge in [-0.1, -0.05) is 45.9 Å². The van der Waals surface area contributed by atoms with Gasteiger partial charge in [-0.25, -0.2) is 0 Å². The molecule has 2 aromatic carbocycles. The third kappa shape index (κ3) is 3.16. The number of benzene rings is 2. The average Bonchev–Trinajstić information content (AvgIpc) is 2.34. The highest BCUT2D eigenvalue weighted by Crippen LogP contribution is 2.36. The molecular weight excluding hydrogens is 308 g/mol. The highest BCUT2D eigenvalue weighted by molar-refractivity contribution is 9.10. The van der Waals surface area contributed by atoms with Gasteiger partial charge in [0.05, 0.1) is 6.10 Å². The lowest BCUT2D eigenvalue weighted by Crippen LogP contribution is -1.94. The Labute approximate surface area is 120 Å². The van der Waals surface area contributed by atoms with Gasteiger partial charge in [-0.3, -0.25) is 0 Å². The Morgan fingerprint density at radius 2 is 1.83 bits per heavy atom. The predicted octanol–water partition coefficient (Wildman–Crippen LogP) is 4.96. The fourth-order valence-electron chi connectivity index (χ4n) is 1.73. The molecular formula is C15H15BrOS. The van der Waals surface area contributed by atoms with Crippen LogP contribution in [0.4, 0.5) is 0 Å². The maximum absolute atomic E-state index is 9.84. The SMILES string of the molecule is Cc1ccccc1Sc1ccc(Br)cc1C(C)O. The van der Waals surface area contributed by atoms with Crippen LogP contribution in [0.2, 0.25) is 0 Å². The van der Waals surface area contributed by atoms with Crippen LogP contribution in [0.1, 0.15) is 24.2 Å². The molecule has 18 heavy (non-hydrogen) atoms. The summed E-state index contributed by atoms with van der Waals surface area (Å²) in [5, 5.41) is 9.84. The van der Waals surface area contributed by atoms with E-state index in [1.165, 1.54) is 10.5 Å². The Hall–Kier alpha value is -0.770. The third-order valence-corrected chi connectivity index (χ3v) is 4.50. The number of rotatable bonds is 3. The fraction of sp³-hybridized carbons (Fsp3) is 0.200. The van der Waals surface area contributed by atoms with Crippen molar-refractivity contribution in [2.45, 2.75) is 29.7 Å². The van der Waals surface area contributed by atoms with Crippen LogP contribution >= 0.6 is 27.7 Å². The highest BCUT2D eigenvalue weighted by Gasteiger charge is 2.10. The Balaban J connectivity index is 2.37. The molecule has 3 heteroatoms. The molecule has 0 saturated heterocycles. The molecule has 0 spiro atoms. The molecule has 0 fully saturated rings. The molecule has 0 aliphatic heterocycles. The first-order valence-corrected chi connectivity index (χ1v) is 7.40. The number of halogens is 1. The number of aliphatic hydroxyl groups excluding tert-OH is 1. The molecule has 0 aliphatic rings. The first-order chi connectivity index (χ1) is 8.58. The van der Waals surface area contributed by atoms with Gasteiger partial charge in [-0.15, -0.1) is 0 Å². The minimum atomic E-state index is -0.464. The van der Waals surface area contributed by atoms with Crippen molar-refractivity contribution in [1.82, 2.24) is 0 Å². The van der Waals surface area contributed by atoms with Crippen molar-refractivity contribution >= 4 is 27.7 Å². The monoisotopic (exact) mass is 322 g/mol. The number of hydrogen-bond donors (Lipinski definition) is 1. The number of hydrogen-bond acceptors (Lipinski definition) is 2. The molecule has 0 aliphatic carbocycles. The van der Waals surface area contributed by atoms with Crippen molar-refractivity contribution in [3.63, 3.8) is 0 Å². The quantitative estimate of drug-likeness (QED) is 0.861. The molecule has 2 aromatic rings. The topological polar surface area (TPSA) is 20.2 Å². The average molecular weight is 323 g/mol. The van der Waals surface area contributed by atoms with E-state index in [9.17, 15) is 5.11 Å². The standard InChI is InChI=1S/C15H15BrOS/c1-10-5-3-4-6-14(10)18-15-8-7-12(16)9-13(15)11(2)17/h3-9,11,17H,1-2H3. The van der Waals surface area contributed by atoms with Crippen molar-refractivity contribution in [1.29, 1.82) is 0 Å². The summed E-state index contributed by atoms with van der Waals surface area (Å²) in [7, 11) is 0. The van der Waals surface area contributed by atoms with Gasteiger partial charge in [0.1, 0.15) is 0 Å². The summed E-state index contributed by atoms with van der Waals surface area (Å²) in [6.45, 7) is 3.90. The van der Waals surface area contributed by atoms with Gasteiger partial charge >= 0.3 is 0 Å². The van der Waals surface area contributed by atoms with Crippen molar-refractivity contribution < 1.29 is 5.11 Å². The summed E-state index contributed by atoms with van der Waals surface area (Å²) in [5.74, 6) is 0. The summed E-state index contributed by atoms with van der Waals surface area (Å²) < 4.78 is 0.993. The van der Waals surface area contributed by atoms with Gasteiger partial charge in [0, 0.05) is 14.3 Å². The minimum Gasteiger partial charge on any atom is -0.389 e. The maximum Gasteiger partial charge on any atom is 0.0773 e. The van der Waals surface area contributed by atoms with Crippen molar-refractivity contribution in [2.24, 2.45) is 0 Å². The smallest absolute Gasteiger partial charge is 0.0773 e. The van der Waals surface area contributed by atoms with Gasteiger partial charge in [-0.2, -0.15) is 0 Å². The van der Waals surface area contributed by atoms with E-state index in [1.807, 2.05) is 30.3 Å². The maximum atomic E-state index is 9.84. The largest absolute Gasteiger partial charge is 0.389 e. The second kappa shape index (κ2) is 5.91. The van der Waals surface area contributed by atoms with Crippen LogP contribution in [-0.4, -0.2) is 5.11 Å². The van der Waals surface area contributed by atoms with Gasteiger partial charge in [0.2, 0.25) is 0 Å². The van der Waals surface area contributed by atoms with Crippen LogP contribution in [0.5, 0.6) is 0 Å². The molecule has 1 N–H and O–H groups in total. The third-order valence-electron chi connectivity index (χ3n) is 2.74. The molecule has 1 unspecified atom stereocenters. The summed E-state index contributed by atoms with van der Waals surface area (Å²) >= 11 is 5.14. The molecule has 0 amide bonds. The molecule has 2 rings (SSSR count). The van der Waals surface area contributed by atoms with Crippen LogP contribution in [0.15, 0.2) is 56.7 Å². The lowest BCUT2D eigenvalue weighted by molar-refractivity contribution is 0.196. The lowest BCUT2D eigenvalue weighted by atomic mass is 10.1. The van der Waals surface area contributed by atoms with Crippen molar-refractivity contribution in [2.75, 3.05) is 0 Å². The normalized spacial score (nSPS) is 12.4. The summed E-state index contributed by atoms with van der Waals surface area (Å²) in [5.41, 5.74) is 2.21. The fourth-order valence-corrected chi connectivity index (χ4v) is 3.20. The van der Waals surface area contributed by atoms with Gasteiger partial charge in [0.15, 0.2) is 0 Å². The van der Waals surface area contributed by atoms with E-state index in [4.69, 9.17) is 0 Å². The summed E-state index contributed by atoms with van der Waals surface area (Å²) in [6, 6.07) is 14.3. The molecule has 94 valence electrons. The number of aliphatic hydroxyl groups is 1. The van der Waals surface area contributed by atoms with E-state index in [0.717, 1.165) is 14.9 Å². The van der Waals surface area contributed by atoms with Crippen molar-refractivity contribution in [3.05, 3.63) is 58.1 Å². The Bertz CT molecular complexity index is 552. The molecule has 1 nitrogen and oxygen atoms in total. The zero-order valence-corrected chi connectivity index (χ0v) is 12.8. The summed E-state index contributed by atoms with van der Waals surface area (Å²) in [6.07, 6.45) is -0.464. The van der Waals surface area contributed by atoms with Crippen LogP contribution in [-0.2, 0) is 0 Å². The second-order valence-corrected chi connectivity index (χ2v) is 6.23. The first-order valence-electron chi connectivity index (χ1n) is 5.79. The van der Waals surface area contributed by atoms with Gasteiger partial charge in [-0.05, 0) is 49.2 Å². The molecule has 0 heterocycles. The zero-order valence-electron chi connectivity index (χ0n) is 10.4. The highest BCUT2D eigenvalue weighted by atomic mass is 79.9. The van der Waals surface area contributed by atoms with E-state index < -0.39 is 6.10 Å². The van der Waals surface area contributed by atoms with E-state index in [2.05, 4.69) is 35.0 Å². The molecule has 0 saturated carbocycles. The lowest BCUT2D eigenvalue weighted by Gasteiger charge is -2.13. The molecule has 0 radical (unpaired) electrons. The van der Waals surface area contributed by atoms with E-state index in [-0.39, 0.29) is 0 Å². The second-order valence-electron chi connectivity index (χ2n) is 4.23. The van der Waals surface area contributed by atoms with E-state index in [1.54, 1.807) is 18.7 Å².